The minimum Gasteiger partial charge on any atom is -0.496 e. The first-order valence-electron chi connectivity index (χ1n) is 8.99. The van der Waals surface area contributed by atoms with Gasteiger partial charge in [-0.2, -0.15) is 0 Å². The Morgan fingerprint density at radius 2 is 2.00 bits per heavy atom. The van der Waals surface area contributed by atoms with Gasteiger partial charge >= 0.3 is 0 Å². The number of likely N-dealkylation sites (tertiary alicyclic amines) is 1. The van der Waals surface area contributed by atoms with Crippen molar-refractivity contribution in [2.45, 2.75) is 63.8 Å². The molecule has 1 saturated carbocycles. The van der Waals surface area contributed by atoms with Crippen LogP contribution in [0.5, 0.6) is 5.75 Å². The van der Waals surface area contributed by atoms with Crippen LogP contribution in [0.4, 0.5) is 0 Å². The number of rotatable bonds is 6. The fourth-order valence-electron chi connectivity index (χ4n) is 4.00. The Kier molecular flexibility index (Phi) is 5.57. The molecule has 2 aliphatic rings. The third-order valence-corrected chi connectivity index (χ3v) is 5.46. The molecule has 0 amide bonds. The van der Waals surface area contributed by atoms with Crippen LogP contribution in [0.2, 0.25) is 0 Å². The van der Waals surface area contributed by atoms with E-state index in [4.69, 9.17) is 4.74 Å². The molecule has 128 valence electrons. The van der Waals surface area contributed by atoms with Crippen molar-refractivity contribution in [3.8, 4) is 5.75 Å². The van der Waals surface area contributed by atoms with Gasteiger partial charge in [0.2, 0.25) is 0 Å². The van der Waals surface area contributed by atoms with E-state index in [1.54, 1.807) is 7.11 Å². The second kappa shape index (κ2) is 7.65. The molecule has 0 spiro atoms. The Labute approximate surface area is 139 Å². The van der Waals surface area contributed by atoms with Crippen molar-refractivity contribution in [1.29, 1.82) is 0 Å². The van der Waals surface area contributed by atoms with Crippen molar-refractivity contribution in [2.24, 2.45) is 0 Å². The molecule has 1 aromatic rings. The minimum absolute atomic E-state index is 0.0165. The zero-order valence-electron chi connectivity index (χ0n) is 14.4. The second-order valence-electron chi connectivity index (χ2n) is 7.06. The zero-order chi connectivity index (χ0) is 16.2. The standard InChI is InChI=1S/C19H30N2O2/c1-14(15-8-9-19(23-2)16(10-15)13-22)20-17-11-21(12-17)18-6-4-3-5-7-18/h8-10,14,17-18,20,22H,3-7,11-13H2,1-2H3. The average molecular weight is 318 g/mol. The first-order valence-corrected chi connectivity index (χ1v) is 8.99. The molecule has 1 unspecified atom stereocenters. The average Bonchev–Trinajstić information content (AvgIpc) is 2.57. The molecule has 0 aromatic heterocycles. The molecule has 1 aromatic carbocycles. The molecule has 23 heavy (non-hydrogen) atoms. The van der Waals surface area contributed by atoms with Gasteiger partial charge in [-0.15, -0.1) is 0 Å². The SMILES string of the molecule is COc1ccc(C(C)NC2CN(C3CCCCC3)C2)cc1CO. The number of nitrogens with one attached hydrogen (secondary N) is 1. The maximum absolute atomic E-state index is 9.47. The fourth-order valence-corrected chi connectivity index (χ4v) is 4.00. The summed E-state index contributed by atoms with van der Waals surface area (Å²) in [6.07, 6.45) is 7.02. The number of nitrogens with zero attached hydrogens (tertiary/aromatic N) is 1. The number of aliphatic hydroxyl groups is 1. The Morgan fingerprint density at radius 3 is 2.65 bits per heavy atom. The van der Waals surface area contributed by atoms with E-state index in [1.807, 2.05) is 12.1 Å². The number of hydrogen-bond donors (Lipinski definition) is 2. The van der Waals surface area contributed by atoms with Gasteiger partial charge in [-0.1, -0.05) is 25.3 Å². The molecule has 3 rings (SSSR count). The van der Waals surface area contributed by atoms with Crippen LogP contribution in [0.25, 0.3) is 0 Å². The zero-order valence-corrected chi connectivity index (χ0v) is 14.4. The molecular weight excluding hydrogens is 288 g/mol. The van der Waals surface area contributed by atoms with Gasteiger partial charge in [0.1, 0.15) is 5.75 Å². The van der Waals surface area contributed by atoms with Crippen LogP contribution in [-0.4, -0.2) is 42.3 Å². The van der Waals surface area contributed by atoms with E-state index in [1.165, 1.54) is 50.8 Å². The smallest absolute Gasteiger partial charge is 0.124 e. The first-order chi connectivity index (χ1) is 11.2. The Morgan fingerprint density at radius 1 is 1.26 bits per heavy atom. The summed E-state index contributed by atoms with van der Waals surface area (Å²) in [5.41, 5.74) is 2.07. The molecule has 4 nitrogen and oxygen atoms in total. The summed E-state index contributed by atoms with van der Waals surface area (Å²) in [6, 6.07) is 7.81. The Balaban J connectivity index is 1.51. The second-order valence-corrected chi connectivity index (χ2v) is 7.06. The summed E-state index contributed by atoms with van der Waals surface area (Å²) in [5, 5.41) is 13.2. The lowest BCUT2D eigenvalue weighted by Gasteiger charge is -2.47. The predicted octanol–water partition coefficient (Wildman–Crippen LogP) is 2.86. The summed E-state index contributed by atoms with van der Waals surface area (Å²) >= 11 is 0. The molecular formula is C19H30N2O2. The van der Waals surface area contributed by atoms with Crippen LogP contribution in [0.15, 0.2) is 18.2 Å². The molecule has 1 aliphatic heterocycles. The molecule has 0 radical (unpaired) electrons. The highest BCUT2D eigenvalue weighted by molar-refractivity contribution is 5.38. The van der Waals surface area contributed by atoms with Gasteiger partial charge in [-0.25, -0.2) is 0 Å². The van der Waals surface area contributed by atoms with Crippen LogP contribution >= 0.6 is 0 Å². The molecule has 1 heterocycles. The highest BCUT2D eigenvalue weighted by Gasteiger charge is 2.33. The third-order valence-electron chi connectivity index (χ3n) is 5.46. The lowest BCUT2D eigenvalue weighted by atomic mass is 9.91. The van der Waals surface area contributed by atoms with Crippen molar-refractivity contribution in [1.82, 2.24) is 10.2 Å². The highest BCUT2D eigenvalue weighted by atomic mass is 16.5. The van der Waals surface area contributed by atoms with E-state index in [-0.39, 0.29) is 6.61 Å². The molecule has 1 atom stereocenters. The van der Waals surface area contributed by atoms with Gasteiger partial charge < -0.3 is 15.2 Å². The van der Waals surface area contributed by atoms with Crippen molar-refractivity contribution in [3.05, 3.63) is 29.3 Å². The lowest BCUT2D eigenvalue weighted by molar-refractivity contribution is 0.0520. The van der Waals surface area contributed by atoms with E-state index in [0.717, 1.165) is 17.4 Å². The largest absolute Gasteiger partial charge is 0.496 e. The third kappa shape index (κ3) is 3.87. The quantitative estimate of drug-likeness (QED) is 0.846. The maximum Gasteiger partial charge on any atom is 0.124 e. The number of hydrogen-bond acceptors (Lipinski definition) is 4. The van der Waals surface area contributed by atoms with Crippen LogP contribution in [0.1, 0.15) is 56.2 Å². The van der Waals surface area contributed by atoms with Gasteiger partial charge in [-0.3, -0.25) is 4.90 Å². The molecule has 0 bridgehead atoms. The summed E-state index contributed by atoms with van der Waals surface area (Å²) in [7, 11) is 1.64. The Hall–Kier alpha value is -1.10. The lowest BCUT2D eigenvalue weighted by Crippen LogP contribution is -2.61. The summed E-state index contributed by atoms with van der Waals surface area (Å²) in [6.45, 7) is 4.57. The van der Waals surface area contributed by atoms with Gasteiger partial charge in [0.25, 0.3) is 0 Å². The molecule has 1 saturated heterocycles. The molecule has 2 N–H and O–H groups in total. The highest BCUT2D eigenvalue weighted by Crippen LogP contribution is 2.28. The number of benzene rings is 1. The fraction of sp³-hybridized carbons (Fsp3) is 0.684. The van der Waals surface area contributed by atoms with E-state index in [0.29, 0.717) is 12.1 Å². The first kappa shape index (κ1) is 16.7. The van der Waals surface area contributed by atoms with Gasteiger partial charge in [-0.05, 0) is 37.5 Å². The maximum atomic E-state index is 9.47. The van der Waals surface area contributed by atoms with Crippen LogP contribution in [0, 0.1) is 0 Å². The number of ether oxygens (including phenoxy) is 1. The van der Waals surface area contributed by atoms with Crippen molar-refractivity contribution < 1.29 is 9.84 Å². The van der Waals surface area contributed by atoms with E-state index in [9.17, 15) is 5.11 Å². The number of methoxy groups -OCH3 is 1. The monoisotopic (exact) mass is 318 g/mol. The van der Waals surface area contributed by atoms with E-state index >= 15 is 0 Å². The predicted molar refractivity (Wildman–Crippen MR) is 92.7 cm³/mol. The van der Waals surface area contributed by atoms with Crippen LogP contribution in [0.3, 0.4) is 0 Å². The van der Waals surface area contributed by atoms with Crippen molar-refractivity contribution >= 4 is 0 Å². The van der Waals surface area contributed by atoms with Crippen LogP contribution in [-0.2, 0) is 6.61 Å². The Bertz CT molecular complexity index is 508. The molecule has 2 fully saturated rings. The van der Waals surface area contributed by atoms with Gasteiger partial charge in [0.15, 0.2) is 0 Å². The summed E-state index contributed by atoms with van der Waals surface area (Å²) < 4.78 is 5.28. The van der Waals surface area contributed by atoms with E-state index < -0.39 is 0 Å². The van der Waals surface area contributed by atoms with Crippen molar-refractivity contribution in [3.63, 3.8) is 0 Å². The topological polar surface area (TPSA) is 44.7 Å². The van der Waals surface area contributed by atoms with Gasteiger partial charge in [0, 0.05) is 36.8 Å². The summed E-state index contributed by atoms with van der Waals surface area (Å²) in [4.78, 5) is 2.65. The van der Waals surface area contributed by atoms with Gasteiger partial charge in [0.05, 0.1) is 13.7 Å². The van der Waals surface area contributed by atoms with Crippen molar-refractivity contribution in [2.75, 3.05) is 20.2 Å². The van der Waals surface area contributed by atoms with E-state index in [2.05, 4.69) is 23.2 Å². The molecule has 4 heteroatoms. The summed E-state index contributed by atoms with van der Waals surface area (Å²) in [5.74, 6) is 0.760. The van der Waals surface area contributed by atoms with Crippen LogP contribution < -0.4 is 10.1 Å². The number of aliphatic hydroxyl groups excluding tert-OH is 1. The normalized spacial score (nSPS) is 21.9. The minimum atomic E-state index is 0.0165. The molecule has 1 aliphatic carbocycles.